The van der Waals surface area contributed by atoms with Crippen molar-refractivity contribution in [1.29, 1.82) is 0 Å². The molecule has 12 heteroatoms. The van der Waals surface area contributed by atoms with Crippen LogP contribution in [0, 0.1) is 50.2 Å². The summed E-state index contributed by atoms with van der Waals surface area (Å²) in [6.45, 7) is 11.6. The second-order valence-electron chi connectivity index (χ2n) is 15.6. The molecule has 1 aliphatic heterocycles. The van der Waals surface area contributed by atoms with Crippen molar-refractivity contribution in [1.82, 2.24) is 14.8 Å². The number of carbonyl (C=O) groups excluding carboxylic acids is 1. The normalized spacial score (nSPS) is 16.9. The van der Waals surface area contributed by atoms with Crippen LogP contribution in [0.25, 0.3) is 11.1 Å². The molecule has 1 aromatic heterocycles. The number of hydrogen-bond acceptors (Lipinski definition) is 4. The summed E-state index contributed by atoms with van der Waals surface area (Å²) >= 11 is 0. The van der Waals surface area contributed by atoms with Gasteiger partial charge in [-0.3, -0.25) is 14.4 Å². The summed E-state index contributed by atoms with van der Waals surface area (Å²) < 4.78 is 77.6. The quantitative estimate of drug-likeness (QED) is 0.150. The highest BCUT2D eigenvalue weighted by atomic mass is 19.4. The van der Waals surface area contributed by atoms with Gasteiger partial charge < -0.3 is 19.9 Å². The number of aromatic nitrogens is 1. The SMILES string of the molecule is CC#Cc1cc(-c2c(C)cc(C)cc2C)c(F)c([C@@H](CC(=O)O)NC(=O)[C@H](CC(C)C)n2cc(C3CCN(C4CCCC4)CC3)c(C(F)(F)F)cc2=O)c1F. The Balaban J connectivity index is 1.59. The third-order valence-corrected chi connectivity index (χ3v) is 11.0. The summed E-state index contributed by atoms with van der Waals surface area (Å²) in [6, 6.07) is 2.68. The fourth-order valence-electron chi connectivity index (χ4n) is 8.66. The maximum absolute atomic E-state index is 16.8. The summed E-state index contributed by atoms with van der Waals surface area (Å²) in [7, 11) is 0. The molecule has 2 aromatic carbocycles. The fraction of sp³-hybridized carbons (Fsp3) is 0.512. The van der Waals surface area contributed by atoms with E-state index in [0.717, 1.165) is 42.0 Å². The molecular formula is C43H50F5N3O4. The van der Waals surface area contributed by atoms with Gasteiger partial charge in [-0.2, -0.15) is 13.2 Å². The lowest BCUT2D eigenvalue weighted by Crippen LogP contribution is -2.42. The summed E-state index contributed by atoms with van der Waals surface area (Å²) in [6.07, 6.45) is 0.602. The van der Waals surface area contributed by atoms with Crippen LogP contribution in [0.4, 0.5) is 22.0 Å². The van der Waals surface area contributed by atoms with Crippen LogP contribution in [-0.4, -0.2) is 45.6 Å². The number of aliphatic carboxylic acids is 1. The van der Waals surface area contributed by atoms with Crippen LogP contribution >= 0.6 is 0 Å². The number of carboxylic acid groups (broad SMARTS) is 1. The molecule has 1 amide bonds. The molecule has 2 atom stereocenters. The highest BCUT2D eigenvalue weighted by Gasteiger charge is 2.39. The van der Waals surface area contributed by atoms with Crippen LogP contribution in [0.5, 0.6) is 0 Å². The van der Waals surface area contributed by atoms with E-state index in [1.54, 1.807) is 27.7 Å². The predicted molar refractivity (Wildman–Crippen MR) is 202 cm³/mol. The number of pyridine rings is 1. The van der Waals surface area contributed by atoms with Crippen LogP contribution < -0.4 is 10.9 Å². The number of halogens is 5. The van der Waals surface area contributed by atoms with E-state index in [4.69, 9.17) is 0 Å². The Morgan fingerprint density at radius 3 is 2.13 bits per heavy atom. The number of likely N-dealkylation sites (tertiary alicyclic amines) is 1. The largest absolute Gasteiger partial charge is 0.481 e. The first-order chi connectivity index (χ1) is 25.9. The molecule has 2 N–H and O–H groups in total. The molecule has 1 saturated heterocycles. The number of benzene rings is 2. The van der Waals surface area contributed by atoms with E-state index < -0.39 is 70.8 Å². The lowest BCUT2D eigenvalue weighted by Gasteiger charge is -2.37. The van der Waals surface area contributed by atoms with Gasteiger partial charge in [-0.15, -0.1) is 5.92 Å². The molecule has 2 fully saturated rings. The number of nitrogens with one attached hydrogen (secondary N) is 1. The Hall–Kier alpha value is -4.50. The number of nitrogens with zero attached hydrogens (tertiary/aromatic N) is 2. The minimum absolute atomic E-state index is 0.0320. The van der Waals surface area contributed by atoms with Crippen LogP contribution in [0.15, 0.2) is 35.3 Å². The number of amides is 1. The second-order valence-corrected chi connectivity index (χ2v) is 15.6. The molecular weight excluding hydrogens is 717 g/mol. The van der Waals surface area contributed by atoms with E-state index in [0.29, 0.717) is 54.7 Å². The van der Waals surface area contributed by atoms with Crippen LogP contribution in [0.1, 0.15) is 129 Å². The molecule has 2 heterocycles. The van der Waals surface area contributed by atoms with Gasteiger partial charge in [0, 0.05) is 29.4 Å². The number of rotatable bonds is 11. The molecule has 7 nitrogen and oxygen atoms in total. The first kappa shape index (κ1) is 41.7. The van der Waals surface area contributed by atoms with E-state index >= 15 is 8.78 Å². The van der Waals surface area contributed by atoms with Gasteiger partial charge in [0.15, 0.2) is 0 Å². The molecule has 0 spiro atoms. The van der Waals surface area contributed by atoms with Gasteiger partial charge in [-0.05, 0) is 113 Å². The van der Waals surface area contributed by atoms with Crippen molar-refractivity contribution >= 4 is 11.9 Å². The Morgan fingerprint density at radius 1 is 0.964 bits per heavy atom. The zero-order chi connectivity index (χ0) is 40.4. The van der Waals surface area contributed by atoms with Crippen molar-refractivity contribution in [3.05, 3.63) is 91.4 Å². The van der Waals surface area contributed by atoms with E-state index in [9.17, 15) is 32.7 Å². The molecule has 0 bridgehead atoms. The topological polar surface area (TPSA) is 91.6 Å². The molecule has 296 valence electrons. The third kappa shape index (κ3) is 9.31. The van der Waals surface area contributed by atoms with Crippen LogP contribution in [0.2, 0.25) is 0 Å². The lowest BCUT2D eigenvalue weighted by atomic mass is 9.86. The monoisotopic (exact) mass is 767 g/mol. The van der Waals surface area contributed by atoms with Crippen LogP contribution in [0.3, 0.4) is 0 Å². The molecule has 1 aliphatic carbocycles. The first-order valence-electron chi connectivity index (χ1n) is 19.0. The van der Waals surface area contributed by atoms with Gasteiger partial charge in [0.1, 0.15) is 17.7 Å². The average Bonchev–Trinajstić information content (AvgIpc) is 3.63. The number of alkyl halides is 3. The average molecular weight is 768 g/mol. The number of carbonyl (C=O) groups is 2. The Bertz CT molecular complexity index is 2020. The maximum atomic E-state index is 16.8. The standard InChI is InChI=1S/C43H50F5N3O4/c1-7-10-29-20-31(38-26(5)18-25(4)19-27(38)6)41(45)39(40(29)44)34(22-37(53)54)49-42(55)35(17-24(2)3)51-23-32(33(21-36(51)52)43(46,47)48)28-13-15-50(16-14-28)30-11-8-9-12-30/h18-21,23-24,28,30,34-35H,8-9,11-17,22H2,1-6H3,(H,49,55)(H,53,54)/t34-,35+/m1/s1. The zero-order valence-electron chi connectivity index (χ0n) is 32.3. The van der Waals surface area contributed by atoms with Crippen molar-refractivity contribution in [2.24, 2.45) is 5.92 Å². The number of hydrogen-bond donors (Lipinski definition) is 2. The molecule has 2 aliphatic rings. The predicted octanol–water partition coefficient (Wildman–Crippen LogP) is 9.15. The summed E-state index contributed by atoms with van der Waals surface area (Å²) in [5.74, 6) is -0.229. The lowest BCUT2D eigenvalue weighted by molar-refractivity contribution is -0.139. The Labute approximate surface area is 319 Å². The molecule has 0 radical (unpaired) electrons. The van der Waals surface area contributed by atoms with E-state index in [-0.39, 0.29) is 29.0 Å². The van der Waals surface area contributed by atoms with Gasteiger partial charge in [0.05, 0.1) is 23.6 Å². The van der Waals surface area contributed by atoms with Gasteiger partial charge in [0.2, 0.25) is 5.91 Å². The molecule has 5 rings (SSSR count). The molecule has 0 unspecified atom stereocenters. The van der Waals surface area contributed by atoms with Crippen molar-refractivity contribution in [2.75, 3.05) is 13.1 Å². The molecule has 3 aromatic rings. The van der Waals surface area contributed by atoms with E-state index in [1.165, 1.54) is 13.0 Å². The van der Waals surface area contributed by atoms with E-state index in [1.807, 2.05) is 19.1 Å². The van der Waals surface area contributed by atoms with Crippen molar-refractivity contribution in [3.8, 4) is 23.0 Å². The minimum Gasteiger partial charge on any atom is -0.481 e. The van der Waals surface area contributed by atoms with Crippen molar-refractivity contribution < 1.29 is 36.6 Å². The number of piperidine rings is 1. The fourth-order valence-corrected chi connectivity index (χ4v) is 8.66. The smallest absolute Gasteiger partial charge is 0.416 e. The van der Waals surface area contributed by atoms with Gasteiger partial charge >= 0.3 is 12.1 Å². The Morgan fingerprint density at radius 2 is 1.58 bits per heavy atom. The number of aryl methyl sites for hydroxylation is 3. The zero-order valence-corrected chi connectivity index (χ0v) is 32.3. The summed E-state index contributed by atoms with van der Waals surface area (Å²) in [5.41, 5.74) is -0.426. The van der Waals surface area contributed by atoms with Gasteiger partial charge in [-0.25, -0.2) is 8.78 Å². The van der Waals surface area contributed by atoms with E-state index in [2.05, 4.69) is 22.1 Å². The highest BCUT2D eigenvalue weighted by molar-refractivity contribution is 5.82. The van der Waals surface area contributed by atoms with Crippen LogP contribution in [-0.2, 0) is 15.8 Å². The van der Waals surface area contributed by atoms with Gasteiger partial charge in [0.25, 0.3) is 5.56 Å². The Kier molecular flexibility index (Phi) is 13.0. The molecule has 1 saturated carbocycles. The third-order valence-electron chi connectivity index (χ3n) is 11.0. The van der Waals surface area contributed by atoms with Crippen molar-refractivity contribution in [2.45, 2.75) is 123 Å². The van der Waals surface area contributed by atoms with Gasteiger partial charge in [-0.1, -0.05) is 50.3 Å². The molecule has 55 heavy (non-hydrogen) atoms. The summed E-state index contributed by atoms with van der Waals surface area (Å²) in [4.78, 5) is 42.5. The summed E-state index contributed by atoms with van der Waals surface area (Å²) in [5, 5.41) is 12.5. The number of carboxylic acids is 1. The second kappa shape index (κ2) is 17.1. The van der Waals surface area contributed by atoms with Crippen molar-refractivity contribution in [3.63, 3.8) is 0 Å². The first-order valence-corrected chi connectivity index (χ1v) is 19.0. The minimum atomic E-state index is -4.83. The highest BCUT2D eigenvalue weighted by Crippen LogP contribution is 2.41. The maximum Gasteiger partial charge on any atom is 0.416 e.